The van der Waals surface area contributed by atoms with E-state index in [0.717, 1.165) is 19.0 Å². The Balaban J connectivity index is 1.79. The molecule has 3 rings (SSSR count). The van der Waals surface area contributed by atoms with Crippen LogP contribution >= 0.6 is 0 Å². The van der Waals surface area contributed by atoms with Gasteiger partial charge in [0.1, 0.15) is 0 Å². The third-order valence-corrected chi connectivity index (χ3v) is 4.35. The minimum atomic E-state index is 0.658. The van der Waals surface area contributed by atoms with Gasteiger partial charge in [-0.3, -0.25) is 4.90 Å². The van der Waals surface area contributed by atoms with E-state index in [-0.39, 0.29) is 0 Å². The van der Waals surface area contributed by atoms with Crippen LogP contribution in [0.2, 0.25) is 0 Å². The Hall–Kier alpha value is -0.800. The minimum absolute atomic E-state index is 0.658. The van der Waals surface area contributed by atoms with Crippen molar-refractivity contribution in [2.75, 3.05) is 26.2 Å². The number of hydrogen-bond acceptors (Lipinski definition) is 2. The zero-order chi connectivity index (χ0) is 11.5. The van der Waals surface area contributed by atoms with E-state index in [4.69, 9.17) is 0 Å². The molecular weight excluding hydrogens is 210 g/mol. The molecule has 3 nitrogen and oxygen atoms in total. The highest BCUT2D eigenvalue weighted by Crippen LogP contribution is 2.39. The Labute approximate surface area is 104 Å². The number of rotatable bonds is 3. The van der Waals surface area contributed by atoms with Crippen molar-refractivity contribution < 1.29 is 0 Å². The first kappa shape index (κ1) is 11.3. The average Bonchev–Trinajstić information content (AvgIpc) is 3.04. The van der Waals surface area contributed by atoms with Crippen LogP contribution in [-0.2, 0) is 0 Å². The number of aromatic nitrogens is 1. The molecule has 2 fully saturated rings. The van der Waals surface area contributed by atoms with Gasteiger partial charge in [0.05, 0.1) is 0 Å². The van der Waals surface area contributed by atoms with Gasteiger partial charge in [-0.1, -0.05) is 12.8 Å². The largest absolute Gasteiger partial charge is 0.367 e. The average molecular weight is 233 g/mol. The highest BCUT2D eigenvalue weighted by Gasteiger charge is 2.31. The van der Waals surface area contributed by atoms with E-state index in [2.05, 4.69) is 33.7 Å². The van der Waals surface area contributed by atoms with E-state index in [1.165, 1.54) is 44.3 Å². The summed E-state index contributed by atoms with van der Waals surface area (Å²) in [6, 6.07) is 2.93. The second-order valence-electron chi connectivity index (χ2n) is 5.42. The van der Waals surface area contributed by atoms with Gasteiger partial charge in [-0.2, -0.15) is 0 Å². The van der Waals surface area contributed by atoms with E-state index in [0.29, 0.717) is 6.04 Å². The van der Waals surface area contributed by atoms with Gasteiger partial charge in [0, 0.05) is 44.6 Å². The second kappa shape index (κ2) is 5.23. The molecule has 1 atom stereocenters. The molecule has 0 aromatic carbocycles. The highest BCUT2D eigenvalue weighted by atomic mass is 15.2. The first-order valence-electron chi connectivity index (χ1n) is 7.02. The second-order valence-corrected chi connectivity index (χ2v) is 5.42. The summed E-state index contributed by atoms with van der Waals surface area (Å²) in [5.74, 6) is 0.879. The molecule has 94 valence electrons. The van der Waals surface area contributed by atoms with E-state index in [1.54, 1.807) is 0 Å². The molecule has 1 saturated carbocycles. The summed E-state index contributed by atoms with van der Waals surface area (Å²) in [7, 11) is 0. The van der Waals surface area contributed by atoms with Crippen molar-refractivity contribution in [1.29, 1.82) is 0 Å². The molecule has 1 aliphatic carbocycles. The fourth-order valence-corrected chi connectivity index (χ4v) is 3.54. The van der Waals surface area contributed by atoms with E-state index in [9.17, 15) is 0 Å². The molecule has 1 aromatic heterocycles. The van der Waals surface area contributed by atoms with Crippen molar-refractivity contribution in [1.82, 2.24) is 15.2 Å². The van der Waals surface area contributed by atoms with Gasteiger partial charge in [-0.25, -0.2) is 0 Å². The number of H-pyrrole nitrogens is 1. The summed E-state index contributed by atoms with van der Waals surface area (Å²) in [4.78, 5) is 5.92. The maximum absolute atomic E-state index is 3.46. The summed E-state index contributed by atoms with van der Waals surface area (Å²) in [5.41, 5.74) is 1.50. The molecule has 1 aliphatic heterocycles. The predicted molar refractivity (Wildman–Crippen MR) is 69.9 cm³/mol. The summed E-state index contributed by atoms with van der Waals surface area (Å²) >= 11 is 0. The molecule has 3 heteroatoms. The van der Waals surface area contributed by atoms with E-state index >= 15 is 0 Å². The minimum Gasteiger partial charge on any atom is -0.367 e. The van der Waals surface area contributed by atoms with Gasteiger partial charge < -0.3 is 10.3 Å². The van der Waals surface area contributed by atoms with Crippen LogP contribution in [0.15, 0.2) is 18.5 Å². The molecule has 0 spiro atoms. The molecule has 2 N–H and O–H groups in total. The molecule has 1 aromatic rings. The van der Waals surface area contributed by atoms with Crippen LogP contribution in [0, 0.1) is 5.92 Å². The standard InChI is InChI=1S/C14H23N3/c1-2-4-12(3-1)14(13-5-6-16-11-13)17-9-7-15-8-10-17/h5-6,11-12,14-16H,1-4,7-10H2. The summed E-state index contributed by atoms with van der Waals surface area (Å²) < 4.78 is 0. The zero-order valence-electron chi connectivity index (χ0n) is 10.5. The van der Waals surface area contributed by atoms with Crippen molar-refractivity contribution in [2.24, 2.45) is 5.92 Å². The number of nitrogens with zero attached hydrogens (tertiary/aromatic N) is 1. The van der Waals surface area contributed by atoms with Crippen molar-refractivity contribution >= 4 is 0 Å². The third kappa shape index (κ3) is 2.40. The molecule has 1 unspecified atom stereocenters. The lowest BCUT2D eigenvalue weighted by Crippen LogP contribution is -2.46. The number of hydrogen-bond donors (Lipinski definition) is 2. The van der Waals surface area contributed by atoms with Crippen LogP contribution in [-0.4, -0.2) is 36.1 Å². The third-order valence-electron chi connectivity index (χ3n) is 4.35. The number of piperazine rings is 1. The summed E-state index contributed by atoms with van der Waals surface area (Å²) in [5, 5.41) is 3.46. The SMILES string of the molecule is c1cc(C(C2CCCC2)N2CCNCC2)c[nH]1. The monoisotopic (exact) mass is 233 g/mol. The maximum atomic E-state index is 3.46. The van der Waals surface area contributed by atoms with Crippen molar-refractivity contribution in [3.05, 3.63) is 24.0 Å². The van der Waals surface area contributed by atoms with Gasteiger partial charge in [-0.15, -0.1) is 0 Å². The van der Waals surface area contributed by atoms with Crippen molar-refractivity contribution in [2.45, 2.75) is 31.7 Å². The molecule has 1 saturated heterocycles. The van der Waals surface area contributed by atoms with Crippen LogP contribution in [0.25, 0.3) is 0 Å². The Bertz CT molecular complexity index is 321. The van der Waals surface area contributed by atoms with Gasteiger partial charge in [0.2, 0.25) is 0 Å². The lowest BCUT2D eigenvalue weighted by atomic mass is 9.91. The van der Waals surface area contributed by atoms with E-state index < -0.39 is 0 Å². The van der Waals surface area contributed by atoms with Crippen LogP contribution in [0.3, 0.4) is 0 Å². The van der Waals surface area contributed by atoms with Gasteiger partial charge in [0.15, 0.2) is 0 Å². The smallest absolute Gasteiger partial charge is 0.0392 e. The Morgan fingerprint density at radius 1 is 1.18 bits per heavy atom. The van der Waals surface area contributed by atoms with Gasteiger partial charge in [0.25, 0.3) is 0 Å². The van der Waals surface area contributed by atoms with Crippen LogP contribution in [0.5, 0.6) is 0 Å². The first-order chi connectivity index (χ1) is 8.45. The summed E-state index contributed by atoms with van der Waals surface area (Å²) in [6.07, 6.45) is 9.96. The molecule has 17 heavy (non-hydrogen) atoms. The summed E-state index contributed by atoms with van der Waals surface area (Å²) in [6.45, 7) is 4.69. The van der Waals surface area contributed by atoms with Crippen LogP contribution < -0.4 is 5.32 Å². The molecule has 2 heterocycles. The topological polar surface area (TPSA) is 31.1 Å². The quantitative estimate of drug-likeness (QED) is 0.838. The lowest BCUT2D eigenvalue weighted by molar-refractivity contribution is 0.125. The fourth-order valence-electron chi connectivity index (χ4n) is 3.54. The number of nitrogens with one attached hydrogen (secondary N) is 2. The van der Waals surface area contributed by atoms with Gasteiger partial charge in [-0.05, 0) is 30.4 Å². The van der Waals surface area contributed by atoms with Gasteiger partial charge >= 0.3 is 0 Å². The molecule has 0 amide bonds. The number of aromatic amines is 1. The van der Waals surface area contributed by atoms with Crippen LogP contribution in [0.1, 0.15) is 37.3 Å². The molecular formula is C14H23N3. The zero-order valence-corrected chi connectivity index (χ0v) is 10.5. The predicted octanol–water partition coefficient (Wildman–Crippen LogP) is 2.15. The maximum Gasteiger partial charge on any atom is 0.0392 e. The van der Waals surface area contributed by atoms with Crippen molar-refractivity contribution in [3.8, 4) is 0 Å². The Morgan fingerprint density at radius 2 is 1.94 bits per heavy atom. The van der Waals surface area contributed by atoms with Crippen LogP contribution in [0.4, 0.5) is 0 Å². The Kier molecular flexibility index (Phi) is 3.48. The Morgan fingerprint density at radius 3 is 2.59 bits per heavy atom. The molecule has 0 radical (unpaired) electrons. The fraction of sp³-hybridized carbons (Fsp3) is 0.714. The molecule has 2 aliphatic rings. The van der Waals surface area contributed by atoms with Crippen molar-refractivity contribution in [3.63, 3.8) is 0 Å². The normalized spacial score (nSPS) is 25.2. The first-order valence-corrected chi connectivity index (χ1v) is 7.02. The molecule has 0 bridgehead atoms. The lowest BCUT2D eigenvalue weighted by Gasteiger charge is -2.38. The van der Waals surface area contributed by atoms with E-state index in [1.807, 2.05) is 0 Å². The highest BCUT2D eigenvalue weighted by molar-refractivity contribution is 5.16.